The highest BCUT2D eigenvalue weighted by Gasteiger charge is 2.00. The maximum absolute atomic E-state index is 5.49. The van der Waals surface area contributed by atoms with Crippen LogP contribution in [-0.2, 0) is 6.42 Å². The third kappa shape index (κ3) is 3.75. The molecule has 1 rings (SSSR count). The Morgan fingerprint density at radius 2 is 2.21 bits per heavy atom. The van der Waals surface area contributed by atoms with Crippen molar-refractivity contribution >= 4 is 0 Å². The average Bonchev–Trinajstić information content (AvgIpc) is 2.14. The van der Waals surface area contributed by atoms with Gasteiger partial charge < -0.3 is 10.5 Å². The Hall–Kier alpha value is -1.09. The second-order valence-electron chi connectivity index (χ2n) is 3.53. The fourth-order valence-corrected chi connectivity index (χ4v) is 1.19. The minimum atomic E-state index is 0.173. The van der Waals surface area contributed by atoms with Gasteiger partial charge >= 0.3 is 0 Å². The van der Waals surface area contributed by atoms with E-state index in [1.165, 1.54) is 0 Å². The van der Waals surface area contributed by atoms with Crippen LogP contribution in [0.25, 0.3) is 0 Å². The molecule has 0 saturated heterocycles. The molecule has 0 amide bonds. The molecule has 14 heavy (non-hydrogen) atoms. The molecule has 0 aromatic carbocycles. The molecule has 3 heteroatoms. The molecule has 0 bridgehead atoms. The number of rotatable bonds is 5. The molecule has 78 valence electrons. The predicted molar refractivity (Wildman–Crippen MR) is 57.4 cm³/mol. The molecule has 1 aromatic heterocycles. The van der Waals surface area contributed by atoms with Gasteiger partial charge in [-0.2, -0.15) is 0 Å². The Bertz CT molecular complexity index is 274. The Balaban J connectivity index is 2.59. The lowest BCUT2D eigenvalue weighted by molar-refractivity contribution is 0.232. The maximum atomic E-state index is 5.49. The highest BCUT2D eigenvalue weighted by Crippen LogP contribution is 2.10. The number of hydrogen-bond acceptors (Lipinski definition) is 3. The van der Waals surface area contributed by atoms with Crippen molar-refractivity contribution in [2.24, 2.45) is 5.73 Å². The van der Waals surface area contributed by atoms with Crippen LogP contribution in [0, 0.1) is 0 Å². The molecule has 0 radical (unpaired) electrons. The molecule has 2 N–H and O–H groups in total. The first kappa shape index (κ1) is 11.0. The Morgan fingerprint density at radius 1 is 1.43 bits per heavy atom. The highest BCUT2D eigenvalue weighted by molar-refractivity contribution is 5.16. The lowest BCUT2D eigenvalue weighted by atomic mass is 10.2. The van der Waals surface area contributed by atoms with Crippen molar-refractivity contribution in [1.29, 1.82) is 0 Å². The van der Waals surface area contributed by atoms with Gasteiger partial charge in [0.1, 0.15) is 0 Å². The van der Waals surface area contributed by atoms with Gasteiger partial charge in [0, 0.05) is 11.8 Å². The monoisotopic (exact) mass is 194 g/mol. The van der Waals surface area contributed by atoms with Crippen LogP contribution in [0.3, 0.4) is 0 Å². The minimum Gasteiger partial charge on any atom is -0.475 e. The van der Waals surface area contributed by atoms with E-state index < -0.39 is 0 Å². The minimum absolute atomic E-state index is 0.173. The normalized spacial score (nSPS) is 10.6. The van der Waals surface area contributed by atoms with E-state index in [9.17, 15) is 0 Å². The molecule has 3 nitrogen and oxygen atoms in total. The summed E-state index contributed by atoms with van der Waals surface area (Å²) < 4.78 is 5.49. The molecule has 0 atom stereocenters. The van der Waals surface area contributed by atoms with Gasteiger partial charge in [-0.15, -0.1) is 0 Å². The van der Waals surface area contributed by atoms with Crippen LogP contribution in [0.2, 0.25) is 0 Å². The van der Waals surface area contributed by atoms with E-state index in [2.05, 4.69) is 4.98 Å². The van der Waals surface area contributed by atoms with E-state index in [1.807, 2.05) is 32.0 Å². The fourth-order valence-electron chi connectivity index (χ4n) is 1.19. The summed E-state index contributed by atoms with van der Waals surface area (Å²) in [6.45, 7) is 4.69. The smallest absolute Gasteiger partial charge is 0.213 e. The van der Waals surface area contributed by atoms with Crippen molar-refractivity contribution in [3.05, 3.63) is 23.9 Å². The van der Waals surface area contributed by atoms with Gasteiger partial charge in [0.25, 0.3) is 0 Å². The summed E-state index contributed by atoms with van der Waals surface area (Å²) in [7, 11) is 0. The van der Waals surface area contributed by atoms with E-state index in [-0.39, 0.29) is 6.10 Å². The van der Waals surface area contributed by atoms with E-state index in [0.29, 0.717) is 12.4 Å². The van der Waals surface area contributed by atoms with Gasteiger partial charge in [-0.1, -0.05) is 6.07 Å². The summed E-state index contributed by atoms with van der Waals surface area (Å²) in [5.74, 6) is 0.703. The Kier molecular flexibility index (Phi) is 4.40. The lowest BCUT2D eigenvalue weighted by Crippen LogP contribution is -2.08. The summed E-state index contributed by atoms with van der Waals surface area (Å²) in [4.78, 5) is 4.37. The standard InChI is InChI=1S/C11H18N2O/c1-9(2)14-11-7-3-5-10(13-11)6-4-8-12/h3,5,7,9H,4,6,8,12H2,1-2H3. The van der Waals surface area contributed by atoms with Gasteiger partial charge in [-0.3, -0.25) is 0 Å². The Morgan fingerprint density at radius 3 is 2.86 bits per heavy atom. The van der Waals surface area contributed by atoms with Crippen LogP contribution in [-0.4, -0.2) is 17.6 Å². The van der Waals surface area contributed by atoms with E-state index in [1.54, 1.807) is 0 Å². The van der Waals surface area contributed by atoms with Crippen LogP contribution in [0.5, 0.6) is 5.88 Å². The molecule has 1 heterocycles. The van der Waals surface area contributed by atoms with Crippen LogP contribution in [0.15, 0.2) is 18.2 Å². The van der Waals surface area contributed by atoms with Crippen molar-refractivity contribution in [1.82, 2.24) is 4.98 Å². The molecule has 0 spiro atoms. The number of ether oxygens (including phenoxy) is 1. The zero-order chi connectivity index (χ0) is 10.4. The molecule has 0 aliphatic carbocycles. The number of hydrogen-bond donors (Lipinski definition) is 1. The van der Waals surface area contributed by atoms with E-state index in [4.69, 9.17) is 10.5 Å². The SMILES string of the molecule is CC(C)Oc1cccc(CCCN)n1. The first-order valence-corrected chi connectivity index (χ1v) is 5.05. The van der Waals surface area contributed by atoms with E-state index >= 15 is 0 Å². The molecular weight excluding hydrogens is 176 g/mol. The van der Waals surface area contributed by atoms with Gasteiger partial charge in [0.15, 0.2) is 0 Å². The van der Waals surface area contributed by atoms with Crippen LogP contribution in [0.4, 0.5) is 0 Å². The first-order valence-electron chi connectivity index (χ1n) is 5.05. The maximum Gasteiger partial charge on any atom is 0.213 e. The van der Waals surface area contributed by atoms with Crippen LogP contribution < -0.4 is 10.5 Å². The summed E-state index contributed by atoms with van der Waals surface area (Å²) >= 11 is 0. The molecule has 0 aliphatic rings. The zero-order valence-corrected chi connectivity index (χ0v) is 8.86. The average molecular weight is 194 g/mol. The van der Waals surface area contributed by atoms with Gasteiger partial charge in [-0.05, 0) is 39.3 Å². The van der Waals surface area contributed by atoms with E-state index in [0.717, 1.165) is 18.5 Å². The zero-order valence-electron chi connectivity index (χ0n) is 8.86. The lowest BCUT2D eigenvalue weighted by Gasteiger charge is -2.09. The van der Waals surface area contributed by atoms with Crippen molar-refractivity contribution in [3.63, 3.8) is 0 Å². The van der Waals surface area contributed by atoms with Crippen LogP contribution >= 0.6 is 0 Å². The summed E-state index contributed by atoms with van der Waals surface area (Å²) in [5.41, 5.74) is 6.49. The molecule has 0 aliphatic heterocycles. The van der Waals surface area contributed by atoms with Crippen molar-refractivity contribution < 1.29 is 4.74 Å². The first-order chi connectivity index (χ1) is 6.72. The third-order valence-electron chi connectivity index (χ3n) is 1.77. The second-order valence-corrected chi connectivity index (χ2v) is 3.53. The third-order valence-corrected chi connectivity index (χ3v) is 1.77. The Labute approximate surface area is 85.3 Å². The number of nitrogens with two attached hydrogens (primary N) is 1. The quantitative estimate of drug-likeness (QED) is 0.777. The molecule has 0 saturated carbocycles. The van der Waals surface area contributed by atoms with Gasteiger partial charge in [-0.25, -0.2) is 4.98 Å². The highest BCUT2D eigenvalue weighted by atomic mass is 16.5. The fraction of sp³-hybridized carbons (Fsp3) is 0.545. The molecular formula is C11H18N2O. The predicted octanol–water partition coefficient (Wildman–Crippen LogP) is 1.76. The molecule has 0 unspecified atom stereocenters. The molecule has 1 aromatic rings. The van der Waals surface area contributed by atoms with Crippen LogP contribution in [0.1, 0.15) is 26.0 Å². The number of nitrogens with zero attached hydrogens (tertiary/aromatic N) is 1. The number of pyridine rings is 1. The summed E-state index contributed by atoms with van der Waals surface area (Å²) in [6.07, 6.45) is 2.07. The van der Waals surface area contributed by atoms with Gasteiger partial charge in [0.05, 0.1) is 6.10 Å². The number of aryl methyl sites for hydroxylation is 1. The van der Waals surface area contributed by atoms with Crippen molar-refractivity contribution in [2.75, 3.05) is 6.54 Å². The molecule has 0 fully saturated rings. The second kappa shape index (κ2) is 5.60. The van der Waals surface area contributed by atoms with Crippen molar-refractivity contribution in [2.45, 2.75) is 32.8 Å². The largest absolute Gasteiger partial charge is 0.475 e. The topological polar surface area (TPSA) is 48.1 Å². The number of aromatic nitrogens is 1. The van der Waals surface area contributed by atoms with Gasteiger partial charge in [0.2, 0.25) is 5.88 Å². The summed E-state index contributed by atoms with van der Waals surface area (Å²) in [6, 6.07) is 5.85. The summed E-state index contributed by atoms with van der Waals surface area (Å²) in [5, 5.41) is 0. The van der Waals surface area contributed by atoms with Crippen molar-refractivity contribution in [3.8, 4) is 5.88 Å².